The van der Waals surface area contributed by atoms with Crippen LogP contribution in [0.3, 0.4) is 0 Å². The van der Waals surface area contributed by atoms with E-state index < -0.39 is 0 Å². The zero-order valence-electron chi connectivity index (χ0n) is 18.9. The molecule has 2 aromatic rings. The van der Waals surface area contributed by atoms with Crippen LogP contribution >= 0.6 is 0 Å². The van der Waals surface area contributed by atoms with E-state index in [1.165, 1.54) is 0 Å². The van der Waals surface area contributed by atoms with E-state index in [9.17, 15) is 9.59 Å². The zero-order valence-corrected chi connectivity index (χ0v) is 18.9. The molecule has 5 heteroatoms. The number of likely N-dealkylation sites (tertiary alicyclic amines) is 2. The summed E-state index contributed by atoms with van der Waals surface area (Å²) in [7, 11) is 0. The summed E-state index contributed by atoms with van der Waals surface area (Å²) in [5.41, 5.74) is 2.66. The van der Waals surface area contributed by atoms with Crippen LogP contribution in [0.1, 0.15) is 65.9 Å². The first-order valence-electron chi connectivity index (χ1n) is 12.0. The summed E-state index contributed by atoms with van der Waals surface area (Å²) in [5.74, 6) is 1.46. The Kier molecular flexibility index (Phi) is 5.66. The molecule has 1 spiro atoms. The van der Waals surface area contributed by atoms with Gasteiger partial charge in [-0.05, 0) is 49.4 Å². The van der Waals surface area contributed by atoms with Gasteiger partial charge in [0.1, 0.15) is 11.4 Å². The van der Waals surface area contributed by atoms with Gasteiger partial charge >= 0.3 is 0 Å². The number of hydrogen-bond donors (Lipinski definition) is 0. The van der Waals surface area contributed by atoms with Crippen LogP contribution in [0.4, 0.5) is 0 Å². The van der Waals surface area contributed by atoms with Crippen LogP contribution in [0.15, 0.2) is 48.5 Å². The lowest BCUT2D eigenvalue weighted by Crippen LogP contribution is -2.52. The number of fused-ring (bicyclic) bond motifs is 1. The number of benzene rings is 2. The SMILES string of the molecule is Cc1ccccc1C(=O)N1CCC2(CC1)C[C@@H](CC(=O)N1CCCC1)c1ccccc1O2. The second-order valence-corrected chi connectivity index (χ2v) is 9.62. The Morgan fingerprint density at radius 1 is 0.938 bits per heavy atom. The van der Waals surface area contributed by atoms with Crippen molar-refractivity contribution in [3.63, 3.8) is 0 Å². The molecule has 0 N–H and O–H groups in total. The van der Waals surface area contributed by atoms with Gasteiger partial charge < -0.3 is 14.5 Å². The highest BCUT2D eigenvalue weighted by Crippen LogP contribution is 2.47. The van der Waals surface area contributed by atoms with Gasteiger partial charge in [0, 0.05) is 56.9 Å². The van der Waals surface area contributed by atoms with Crippen molar-refractivity contribution >= 4 is 11.8 Å². The number of ether oxygens (including phenoxy) is 1. The molecule has 2 aromatic carbocycles. The fourth-order valence-corrected chi connectivity index (χ4v) is 5.64. The highest BCUT2D eigenvalue weighted by atomic mass is 16.5. The second-order valence-electron chi connectivity index (χ2n) is 9.62. The van der Waals surface area contributed by atoms with E-state index in [0.717, 1.165) is 67.6 Å². The third-order valence-electron chi connectivity index (χ3n) is 7.52. The minimum absolute atomic E-state index is 0.106. The first kappa shape index (κ1) is 21.0. The third kappa shape index (κ3) is 4.01. The molecular formula is C27H32N2O3. The van der Waals surface area contributed by atoms with Crippen LogP contribution in [0.25, 0.3) is 0 Å². The number of hydrogen-bond acceptors (Lipinski definition) is 3. The topological polar surface area (TPSA) is 49.9 Å². The molecule has 2 saturated heterocycles. The van der Waals surface area contributed by atoms with Gasteiger partial charge in [0.05, 0.1) is 0 Å². The standard InChI is InChI=1S/C27H32N2O3/c1-20-8-2-3-9-22(20)26(31)29-16-12-27(13-17-29)19-21(18-25(30)28-14-6-7-15-28)23-10-4-5-11-24(23)32-27/h2-5,8-11,21H,6-7,12-19H2,1H3/t21-/m1/s1. The van der Waals surface area contributed by atoms with Crippen molar-refractivity contribution in [1.82, 2.24) is 9.80 Å². The van der Waals surface area contributed by atoms with Crippen LogP contribution in [0, 0.1) is 6.92 Å². The van der Waals surface area contributed by atoms with Crippen LogP contribution in [-0.4, -0.2) is 53.4 Å². The van der Waals surface area contributed by atoms with Crippen LogP contribution in [0.5, 0.6) is 5.75 Å². The Bertz CT molecular complexity index is 1000. The number of aryl methyl sites for hydroxylation is 1. The van der Waals surface area contributed by atoms with Crippen LogP contribution in [0.2, 0.25) is 0 Å². The number of para-hydroxylation sites is 1. The molecule has 0 aromatic heterocycles. The Hall–Kier alpha value is -2.82. The molecule has 2 fully saturated rings. The van der Waals surface area contributed by atoms with Crippen molar-refractivity contribution in [2.45, 2.75) is 57.0 Å². The molecule has 0 radical (unpaired) electrons. The van der Waals surface area contributed by atoms with Crippen molar-refractivity contribution in [2.24, 2.45) is 0 Å². The molecule has 3 aliphatic rings. The van der Waals surface area contributed by atoms with Crippen molar-refractivity contribution in [3.8, 4) is 5.75 Å². The Morgan fingerprint density at radius 3 is 2.38 bits per heavy atom. The Labute approximate surface area is 190 Å². The molecule has 32 heavy (non-hydrogen) atoms. The molecule has 0 bridgehead atoms. The zero-order chi connectivity index (χ0) is 22.1. The summed E-state index contributed by atoms with van der Waals surface area (Å²) in [4.78, 5) is 30.0. The van der Waals surface area contributed by atoms with E-state index in [-0.39, 0.29) is 23.3 Å². The number of carbonyl (C=O) groups excluding carboxylic acids is 2. The van der Waals surface area contributed by atoms with E-state index >= 15 is 0 Å². The molecule has 0 unspecified atom stereocenters. The van der Waals surface area contributed by atoms with Gasteiger partial charge in [0.2, 0.25) is 5.91 Å². The fraction of sp³-hybridized carbons (Fsp3) is 0.481. The van der Waals surface area contributed by atoms with E-state index in [1.54, 1.807) is 0 Å². The van der Waals surface area contributed by atoms with Gasteiger partial charge in [0.25, 0.3) is 5.91 Å². The maximum absolute atomic E-state index is 13.1. The minimum atomic E-state index is -0.299. The number of piperidine rings is 1. The summed E-state index contributed by atoms with van der Waals surface area (Å²) in [6, 6.07) is 16.0. The van der Waals surface area contributed by atoms with Gasteiger partial charge in [-0.1, -0.05) is 36.4 Å². The number of carbonyl (C=O) groups is 2. The fourth-order valence-electron chi connectivity index (χ4n) is 5.64. The molecule has 0 saturated carbocycles. The molecule has 0 aliphatic carbocycles. The van der Waals surface area contributed by atoms with Gasteiger partial charge in [0.15, 0.2) is 0 Å². The average molecular weight is 433 g/mol. The van der Waals surface area contributed by atoms with E-state index in [2.05, 4.69) is 6.07 Å². The lowest BCUT2D eigenvalue weighted by Gasteiger charge is -2.47. The quantitative estimate of drug-likeness (QED) is 0.715. The highest BCUT2D eigenvalue weighted by molar-refractivity contribution is 5.95. The van der Waals surface area contributed by atoms with Crippen LogP contribution in [-0.2, 0) is 4.79 Å². The number of rotatable bonds is 3. The highest BCUT2D eigenvalue weighted by Gasteiger charge is 2.44. The van der Waals surface area contributed by atoms with E-state index in [0.29, 0.717) is 19.5 Å². The summed E-state index contributed by atoms with van der Waals surface area (Å²) in [6.45, 7) is 5.14. The third-order valence-corrected chi connectivity index (χ3v) is 7.52. The maximum Gasteiger partial charge on any atom is 0.254 e. The molecule has 168 valence electrons. The molecule has 2 amide bonds. The average Bonchev–Trinajstić information content (AvgIpc) is 3.35. The van der Waals surface area contributed by atoms with Gasteiger partial charge in [-0.15, -0.1) is 0 Å². The van der Waals surface area contributed by atoms with Gasteiger partial charge in [-0.2, -0.15) is 0 Å². The lowest BCUT2D eigenvalue weighted by atomic mass is 9.76. The molecule has 5 nitrogen and oxygen atoms in total. The maximum atomic E-state index is 13.1. The molecule has 5 rings (SSSR count). The summed E-state index contributed by atoms with van der Waals surface area (Å²) in [5, 5.41) is 0. The summed E-state index contributed by atoms with van der Waals surface area (Å²) < 4.78 is 6.59. The smallest absolute Gasteiger partial charge is 0.254 e. The Balaban J connectivity index is 1.31. The summed E-state index contributed by atoms with van der Waals surface area (Å²) >= 11 is 0. The predicted octanol–water partition coefficient (Wildman–Crippen LogP) is 4.55. The molecule has 3 heterocycles. The van der Waals surface area contributed by atoms with E-state index in [4.69, 9.17) is 4.74 Å². The second kappa shape index (κ2) is 8.61. The summed E-state index contributed by atoms with van der Waals surface area (Å²) in [6.07, 6.45) is 5.22. The minimum Gasteiger partial charge on any atom is -0.487 e. The lowest BCUT2D eigenvalue weighted by molar-refractivity contribution is -0.131. The first-order valence-corrected chi connectivity index (χ1v) is 12.0. The van der Waals surface area contributed by atoms with Crippen molar-refractivity contribution in [1.29, 1.82) is 0 Å². The molecule has 3 aliphatic heterocycles. The molecular weight excluding hydrogens is 400 g/mol. The van der Waals surface area contributed by atoms with Crippen molar-refractivity contribution in [3.05, 3.63) is 65.2 Å². The monoisotopic (exact) mass is 432 g/mol. The Morgan fingerprint density at radius 2 is 1.62 bits per heavy atom. The van der Waals surface area contributed by atoms with Crippen molar-refractivity contribution < 1.29 is 14.3 Å². The number of nitrogens with zero attached hydrogens (tertiary/aromatic N) is 2. The normalized spacial score (nSPS) is 21.8. The first-order chi connectivity index (χ1) is 15.5. The van der Waals surface area contributed by atoms with Crippen molar-refractivity contribution in [2.75, 3.05) is 26.2 Å². The number of amides is 2. The molecule has 1 atom stereocenters. The van der Waals surface area contributed by atoms with E-state index in [1.807, 2.05) is 59.2 Å². The largest absolute Gasteiger partial charge is 0.487 e. The van der Waals surface area contributed by atoms with Gasteiger partial charge in [-0.25, -0.2) is 0 Å². The van der Waals surface area contributed by atoms with Gasteiger partial charge in [-0.3, -0.25) is 9.59 Å². The predicted molar refractivity (Wildman–Crippen MR) is 124 cm³/mol. The van der Waals surface area contributed by atoms with Crippen LogP contribution < -0.4 is 4.74 Å².